The number of nitrogens with one attached hydrogen (secondary N) is 1. The van der Waals surface area contributed by atoms with Crippen LogP contribution in [0.25, 0.3) is 10.8 Å². The molecule has 0 amide bonds. The van der Waals surface area contributed by atoms with Crippen molar-refractivity contribution in [2.24, 2.45) is 5.84 Å². The van der Waals surface area contributed by atoms with Crippen molar-refractivity contribution in [2.45, 2.75) is 6.54 Å². The number of hydrogen-bond donors (Lipinski definition) is 3. The highest BCUT2D eigenvalue weighted by molar-refractivity contribution is 5.90. The number of hydrogen-bond acceptors (Lipinski definition) is 3. The molecule has 0 aliphatic heterocycles. The number of hydrazine groups is 1. The Morgan fingerprint density at radius 1 is 1.07 bits per heavy atom. The molecule has 0 atom stereocenters. The van der Waals surface area contributed by atoms with Crippen LogP contribution in [0.1, 0.15) is 5.56 Å². The molecule has 0 aliphatic rings. The second kappa shape index (κ2) is 3.65. The number of phenolic OH excluding ortho intramolecular Hbond substituents is 1. The van der Waals surface area contributed by atoms with Gasteiger partial charge in [0.1, 0.15) is 5.75 Å². The lowest BCUT2D eigenvalue weighted by Gasteiger charge is -2.06. The molecule has 0 saturated carbocycles. The number of aromatic hydroxyl groups is 1. The maximum absolute atomic E-state index is 9.61. The van der Waals surface area contributed by atoms with E-state index in [1.54, 1.807) is 6.07 Å². The van der Waals surface area contributed by atoms with Crippen molar-refractivity contribution >= 4 is 10.8 Å². The SMILES string of the molecule is NNCc1ccc(O)c2ccccc12. The number of rotatable bonds is 2. The molecule has 0 heterocycles. The Bertz CT molecular complexity index is 454. The molecule has 0 aromatic heterocycles. The topological polar surface area (TPSA) is 58.3 Å². The predicted molar refractivity (Wildman–Crippen MR) is 56.6 cm³/mol. The maximum atomic E-state index is 9.61. The van der Waals surface area contributed by atoms with E-state index in [0.29, 0.717) is 12.3 Å². The third kappa shape index (κ3) is 1.43. The van der Waals surface area contributed by atoms with E-state index in [1.165, 1.54) is 0 Å². The number of benzene rings is 2. The highest BCUT2D eigenvalue weighted by atomic mass is 16.3. The van der Waals surface area contributed by atoms with Crippen LogP contribution in [0.5, 0.6) is 5.75 Å². The van der Waals surface area contributed by atoms with Crippen LogP contribution in [0.3, 0.4) is 0 Å². The van der Waals surface area contributed by atoms with Gasteiger partial charge in [0, 0.05) is 11.9 Å². The number of fused-ring (bicyclic) bond motifs is 1. The summed E-state index contributed by atoms with van der Waals surface area (Å²) in [6, 6.07) is 11.3. The van der Waals surface area contributed by atoms with Crippen LogP contribution in [0, 0.1) is 0 Å². The molecular weight excluding hydrogens is 176 g/mol. The molecule has 2 aromatic rings. The van der Waals surface area contributed by atoms with Crippen LogP contribution >= 0.6 is 0 Å². The van der Waals surface area contributed by atoms with E-state index < -0.39 is 0 Å². The lowest BCUT2D eigenvalue weighted by molar-refractivity contribution is 0.481. The van der Waals surface area contributed by atoms with Gasteiger partial charge in [-0.15, -0.1) is 0 Å². The Labute approximate surface area is 82.1 Å². The van der Waals surface area contributed by atoms with E-state index in [1.807, 2.05) is 30.3 Å². The van der Waals surface area contributed by atoms with Crippen molar-refractivity contribution in [3.63, 3.8) is 0 Å². The molecule has 3 heteroatoms. The van der Waals surface area contributed by atoms with Gasteiger partial charge in [0.2, 0.25) is 0 Å². The summed E-state index contributed by atoms with van der Waals surface area (Å²) in [6.07, 6.45) is 0. The Morgan fingerprint density at radius 2 is 1.79 bits per heavy atom. The normalized spacial score (nSPS) is 10.6. The molecule has 0 unspecified atom stereocenters. The fraction of sp³-hybridized carbons (Fsp3) is 0.0909. The van der Waals surface area contributed by atoms with Crippen LogP contribution in [-0.2, 0) is 6.54 Å². The van der Waals surface area contributed by atoms with Gasteiger partial charge < -0.3 is 5.11 Å². The molecule has 4 N–H and O–H groups in total. The molecule has 0 fully saturated rings. The molecule has 2 aromatic carbocycles. The zero-order valence-electron chi connectivity index (χ0n) is 7.70. The Morgan fingerprint density at radius 3 is 2.50 bits per heavy atom. The van der Waals surface area contributed by atoms with Crippen LogP contribution in [0.15, 0.2) is 36.4 Å². The van der Waals surface area contributed by atoms with Gasteiger partial charge in [-0.1, -0.05) is 30.3 Å². The minimum absolute atomic E-state index is 0.307. The number of nitrogens with two attached hydrogens (primary N) is 1. The van der Waals surface area contributed by atoms with Crippen molar-refractivity contribution in [1.82, 2.24) is 5.43 Å². The Hall–Kier alpha value is -1.58. The summed E-state index contributed by atoms with van der Waals surface area (Å²) >= 11 is 0. The van der Waals surface area contributed by atoms with Gasteiger partial charge >= 0.3 is 0 Å². The first-order chi connectivity index (χ1) is 6.83. The summed E-state index contributed by atoms with van der Waals surface area (Å²) in [5.41, 5.74) is 3.70. The molecule has 2 rings (SSSR count). The molecule has 3 nitrogen and oxygen atoms in total. The van der Waals surface area contributed by atoms with Crippen molar-refractivity contribution in [3.8, 4) is 5.75 Å². The largest absolute Gasteiger partial charge is 0.507 e. The van der Waals surface area contributed by atoms with Gasteiger partial charge in [-0.25, -0.2) is 0 Å². The molecule has 0 bridgehead atoms. The smallest absolute Gasteiger partial charge is 0.123 e. The van der Waals surface area contributed by atoms with Gasteiger partial charge in [0.05, 0.1) is 0 Å². The van der Waals surface area contributed by atoms with Crippen LogP contribution < -0.4 is 11.3 Å². The van der Waals surface area contributed by atoms with E-state index in [4.69, 9.17) is 5.84 Å². The van der Waals surface area contributed by atoms with Crippen molar-refractivity contribution in [2.75, 3.05) is 0 Å². The minimum Gasteiger partial charge on any atom is -0.507 e. The first-order valence-corrected chi connectivity index (χ1v) is 4.46. The Kier molecular flexibility index (Phi) is 2.35. The van der Waals surface area contributed by atoms with E-state index in [2.05, 4.69) is 5.43 Å². The van der Waals surface area contributed by atoms with E-state index in [9.17, 15) is 5.11 Å². The molecule has 0 radical (unpaired) electrons. The Balaban J connectivity index is 2.68. The van der Waals surface area contributed by atoms with E-state index in [0.717, 1.165) is 16.3 Å². The molecular formula is C11H12N2O. The second-order valence-corrected chi connectivity index (χ2v) is 3.17. The molecule has 72 valence electrons. The summed E-state index contributed by atoms with van der Waals surface area (Å²) in [5.74, 6) is 5.58. The quantitative estimate of drug-likeness (QED) is 0.494. The number of phenols is 1. The monoisotopic (exact) mass is 188 g/mol. The molecule has 14 heavy (non-hydrogen) atoms. The average Bonchev–Trinajstić information content (AvgIpc) is 2.23. The summed E-state index contributed by atoms with van der Waals surface area (Å²) in [7, 11) is 0. The van der Waals surface area contributed by atoms with Gasteiger partial charge in [0.25, 0.3) is 0 Å². The third-order valence-corrected chi connectivity index (χ3v) is 2.28. The summed E-state index contributed by atoms with van der Waals surface area (Å²) in [5, 5.41) is 11.5. The summed E-state index contributed by atoms with van der Waals surface area (Å²) in [4.78, 5) is 0. The van der Waals surface area contributed by atoms with Crippen LogP contribution in [-0.4, -0.2) is 5.11 Å². The first-order valence-electron chi connectivity index (χ1n) is 4.46. The molecule has 0 spiro atoms. The predicted octanol–water partition coefficient (Wildman–Crippen LogP) is 1.51. The van der Waals surface area contributed by atoms with Gasteiger partial charge in [-0.2, -0.15) is 0 Å². The van der Waals surface area contributed by atoms with E-state index in [-0.39, 0.29) is 0 Å². The minimum atomic E-state index is 0.307. The zero-order chi connectivity index (χ0) is 9.97. The standard InChI is InChI=1S/C11H12N2O/c12-13-7-8-5-6-11(14)10-4-2-1-3-9(8)10/h1-6,13-14H,7,12H2. The fourth-order valence-corrected chi connectivity index (χ4v) is 1.61. The second-order valence-electron chi connectivity index (χ2n) is 3.17. The molecule has 0 aliphatic carbocycles. The third-order valence-electron chi connectivity index (χ3n) is 2.28. The fourth-order valence-electron chi connectivity index (χ4n) is 1.61. The van der Waals surface area contributed by atoms with Crippen LogP contribution in [0.2, 0.25) is 0 Å². The van der Waals surface area contributed by atoms with Gasteiger partial charge in [0.15, 0.2) is 0 Å². The average molecular weight is 188 g/mol. The van der Waals surface area contributed by atoms with E-state index >= 15 is 0 Å². The van der Waals surface area contributed by atoms with Gasteiger partial charge in [-0.3, -0.25) is 11.3 Å². The van der Waals surface area contributed by atoms with Crippen molar-refractivity contribution in [3.05, 3.63) is 42.0 Å². The first kappa shape index (κ1) is 8.99. The molecule has 0 saturated heterocycles. The van der Waals surface area contributed by atoms with Crippen LogP contribution in [0.4, 0.5) is 0 Å². The maximum Gasteiger partial charge on any atom is 0.123 e. The summed E-state index contributed by atoms with van der Waals surface area (Å²) in [6.45, 7) is 0.598. The van der Waals surface area contributed by atoms with Crippen molar-refractivity contribution in [1.29, 1.82) is 0 Å². The zero-order valence-corrected chi connectivity index (χ0v) is 7.70. The lowest BCUT2D eigenvalue weighted by atomic mass is 10.0. The highest BCUT2D eigenvalue weighted by Crippen LogP contribution is 2.26. The highest BCUT2D eigenvalue weighted by Gasteiger charge is 2.02. The van der Waals surface area contributed by atoms with Crippen molar-refractivity contribution < 1.29 is 5.11 Å². The lowest BCUT2D eigenvalue weighted by Crippen LogP contribution is -2.20. The van der Waals surface area contributed by atoms with Gasteiger partial charge in [-0.05, 0) is 17.0 Å². The summed E-state index contributed by atoms with van der Waals surface area (Å²) < 4.78 is 0.